The molecule has 3 rings (SSSR count). The highest BCUT2D eigenvalue weighted by Gasteiger charge is 2.12. The van der Waals surface area contributed by atoms with Crippen molar-refractivity contribution in [3.8, 4) is 11.5 Å². The number of nitrogens with zero attached hydrogens (tertiary/aromatic N) is 2. The van der Waals surface area contributed by atoms with Crippen molar-refractivity contribution in [3.63, 3.8) is 0 Å². The molecular weight excluding hydrogens is 339 g/mol. The van der Waals surface area contributed by atoms with Gasteiger partial charge in [-0.3, -0.25) is 4.98 Å². The summed E-state index contributed by atoms with van der Waals surface area (Å²) >= 11 is 15.3. The number of hydrogen-bond donors (Lipinski definition) is 0. The first-order valence-electron chi connectivity index (χ1n) is 5.00. The average molecular weight is 344 g/mol. The van der Waals surface area contributed by atoms with E-state index >= 15 is 0 Å². The maximum Gasteiger partial charge on any atom is 0.228 e. The first-order chi connectivity index (χ1) is 8.63. The van der Waals surface area contributed by atoms with Crippen LogP contribution in [0.4, 0.5) is 0 Å². The van der Waals surface area contributed by atoms with Gasteiger partial charge in [-0.25, -0.2) is 4.98 Å². The summed E-state index contributed by atoms with van der Waals surface area (Å²) in [5.74, 6) is 0.461. The van der Waals surface area contributed by atoms with E-state index in [9.17, 15) is 0 Å². The molecule has 3 aromatic rings. The van der Waals surface area contributed by atoms with Gasteiger partial charge in [0, 0.05) is 21.9 Å². The Balaban J connectivity index is 2.22. The third-order valence-electron chi connectivity index (χ3n) is 2.36. The van der Waals surface area contributed by atoms with Crippen LogP contribution in [0.25, 0.3) is 22.6 Å². The van der Waals surface area contributed by atoms with Crippen LogP contribution in [0.2, 0.25) is 10.0 Å². The van der Waals surface area contributed by atoms with E-state index in [0.29, 0.717) is 27.0 Å². The number of fused-ring (bicyclic) bond motifs is 1. The molecule has 0 unspecified atom stereocenters. The van der Waals surface area contributed by atoms with Gasteiger partial charge in [0.05, 0.1) is 10.6 Å². The minimum absolute atomic E-state index is 0.444. The van der Waals surface area contributed by atoms with E-state index < -0.39 is 0 Å². The molecule has 2 heterocycles. The smallest absolute Gasteiger partial charge is 0.228 e. The van der Waals surface area contributed by atoms with E-state index in [1.54, 1.807) is 24.5 Å². The maximum absolute atomic E-state index is 6.05. The van der Waals surface area contributed by atoms with Gasteiger partial charge < -0.3 is 4.42 Å². The summed E-state index contributed by atoms with van der Waals surface area (Å²) in [5.41, 5.74) is 1.92. The lowest BCUT2D eigenvalue weighted by atomic mass is 10.3. The van der Waals surface area contributed by atoms with E-state index in [2.05, 4.69) is 25.9 Å². The molecule has 0 saturated carbocycles. The molecule has 0 spiro atoms. The lowest BCUT2D eigenvalue weighted by Gasteiger charge is -1.94. The summed E-state index contributed by atoms with van der Waals surface area (Å²) in [4.78, 5) is 8.41. The second-order valence-corrected chi connectivity index (χ2v) is 5.41. The summed E-state index contributed by atoms with van der Waals surface area (Å²) in [6.45, 7) is 0. The second-order valence-electron chi connectivity index (χ2n) is 3.65. The van der Waals surface area contributed by atoms with Crippen molar-refractivity contribution >= 4 is 50.2 Å². The lowest BCUT2D eigenvalue weighted by molar-refractivity contribution is 0.619. The summed E-state index contributed by atoms with van der Waals surface area (Å²) in [6, 6.07) is 5.20. The highest BCUT2D eigenvalue weighted by molar-refractivity contribution is 9.10. The molecule has 0 fully saturated rings. The number of halogens is 3. The highest BCUT2D eigenvalue weighted by atomic mass is 79.9. The van der Waals surface area contributed by atoms with Gasteiger partial charge >= 0.3 is 0 Å². The van der Waals surface area contributed by atoms with Crippen LogP contribution in [0, 0.1) is 0 Å². The molecule has 0 aliphatic rings. The van der Waals surface area contributed by atoms with Gasteiger partial charge in [0.25, 0.3) is 0 Å². The number of benzene rings is 1. The molecule has 6 heteroatoms. The topological polar surface area (TPSA) is 38.9 Å². The van der Waals surface area contributed by atoms with Crippen LogP contribution in [-0.2, 0) is 0 Å². The Bertz CT molecular complexity index is 742. The molecular formula is C12H5BrCl2N2O. The molecule has 1 aromatic carbocycles. The standard InChI is InChI=1S/C12H5BrCl2N2O/c13-7-1-6(4-16-5-7)12-17-10-3-8(14)2-9(15)11(10)18-12/h1-5H. The van der Waals surface area contributed by atoms with Crippen molar-refractivity contribution in [2.75, 3.05) is 0 Å². The highest BCUT2D eigenvalue weighted by Crippen LogP contribution is 2.32. The normalized spacial score (nSPS) is 11.1. The van der Waals surface area contributed by atoms with E-state index in [1.807, 2.05) is 6.07 Å². The molecule has 0 radical (unpaired) electrons. The van der Waals surface area contributed by atoms with E-state index in [1.165, 1.54) is 0 Å². The minimum Gasteiger partial charge on any atom is -0.434 e. The number of hydrogen-bond acceptors (Lipinski definition) is 3. The fourth-order valence-corrected chi connectivity index (χ4v) is 2.50. The molecule has 0 aliphatic heterocycles. The third kappa shape index (κ3) is 2.11. The quantitative estimate of drug-likeness (QED) is 0.626. The predicted octanol–water partition coefficient (Wildman–Crippen LogP) is 4.96. The zero-order valence-electron chi connectivity index (χ0n) is 8.82. The molecule has 90 valence electrons. The van der Waals surface area contributed by atoms with E-state index in [4.69, 9.17) is 27.6 Å². The SMILES string of the molecule is Clc1cc(Cl)c2oc(-c3cncc(Br)c3)nc2c1. The van der Waals surface area contributed by atoms with Crippen molar-refractivity contribution < 1.29 is 4.42 Å². The molecule has 0 bridgehead atoms. The molecule has 0 saturated heterocycles. The van der Waals surface area contributed by atoms with Gasteiger partial charge in [-0.15, -0.1) is 0 Å². The molecule has 0 N–H and O–H groups in total. The molecule has 3 nitrogen and oxygen atoms in total. The first-order valence-corrected chi connectivity index (χ1v) is 6.55. The molecule has 18 heavy (non-hydrogen) atoms. The van der Waals surface area contributed by atoms with Crippen LogP contribution in [0.1, 0.15) is 0 Å². The molecule has 0 amide bonds. The molecule has 0 aliphatic carbocycles. The minimum atomic E-state index is 0.444. The van der Waals surface area contributed by atoms with E-state index in [-0.39, 0.29) is 0 Å². The Kier molecular flexibility index (Phi) is 3.01. The zero-order valence-corrected chi connectivity index (χ0v) is 11.9. The largest absolute Gasteiger partial charge is 0.434 e. The monoisotopic (exact) mass is 342 g/mol. The van der Waals surface area contributed by atoms with Crippen LogP contribution >= 0.6 is 39.1 Å². The van der Waals surface area contributed by atoms with Gasteiger partial charge in [0.15, 0.2) is 5.58 Å². The lowest BCUT2D eigenvalue weighted by Crippen LogP contribution is -1.79. The van der Waals surface area contributed by atoms with Crippen LogP contribution in [0.3, 0.4) is 0 Å². The van der Waals surface area contributed by atoms with Crippen LogP contribution in [-0.4, -0.2) is 9.97 Å². The second kappa shape index (κ2) is 4.53. The first kappa shape index (κ1) is 12.0. The van der Waals surface area contributed by atoms with Crippen molar-refractivity contribution in [1.82, 2.24) is 9.97 Å². The van der Waals surface area contributed by atoms with E-state index in [0.717, 1.165) is 10.0 Å². The van der Waals surface area contributed by atoms with Crippen molar-refractivity contribution in [3.05, 3.63) is 45.1 Å². The van der Waals surface area contributed by atoms with Gasteiger partial charge in [0.1, 0.15) is 5.52 Å². The number of aromatic nitrogens is 2. The summed E-state index contributed by atoms with van der Waals surface area (Å²) < 4.78 is 6.49. The Morgan fingerprint density at radius 3 is 2.72 bits per heavy atom. The van der Waals surface area contributed by atoms with Gasteiger partial charge in [-0.05, 0) is 34.1 Å². The van der Waals surface area contributed by atoms with Gasteiger partial charge in [0.2, 0.25) is 5.89 Å². The van der Waals surface area contributed by atoms with Crippen LogP contribution < -0.4 is 0 Å². The fraction of sp³-hybridized carbons (Fsp3) is 0. The fourth-order valence-electron chi connectivity index (χ4n) is 1.61. The van der Waals surface area contributed by atoms with Gasteiger partial charge in [-0.1, -0.05) is 23.2 Å². The Morgan fingerprint density at radius 2 is 1.94 bits per heavy atom. The number of rotatable bonds is 1. The zero-order chi connectivity index (χ0) is 12.7. The Morgan fingerprint density at radius 1 is 1.11 bits per heavy atom. The third-order valence-corrected chi connectivity index (χ3v) is 3.29. The van der Waals surface area contributed by atoms with Crippen LogP contribution in [0.5, 0.6) is 0 Å². The average Bonchev–Trinajstić information content (AvgIpc) is 2.73. The molecule has 2 aromatic heterocycles. The Hall–Kier alpha value is -1.10. The van der Waals surface area contributed by atoms with Gasteiger partial charge in [-0.2, -0.15) is 0 Å². The summed E-state index contributed by atoms with van der Waals surface area (Å²) in [5, 5.41) is 0.971. The molecule has 0 atom stereocenters. The summed E-state index contributed by atoms with van der Waals surface area (Å²) in [7, 11) is 0. The van der Waals surface area contributed by atoms with Crippen molar-refractivity contribution in [2.45, 2.75) is 0 Å². The summed E-state index contributed by atoms with van der Waals surface area (Å²) in [6.07, 6.45) is 3.36. The maximum atomic E-state index is 6.05. The number of pyridine rings is 1. The predicted molar refractivity (Wildman–Crippen MR) is 75.0 cm³/mol. The van der Waals surface area contributed by atoms with Crippen LogP contribution in [0.15, 0.2) is 39.5 Å². The number of oxazole rings is 1. The van der Waals surface area contributed by atoms with Crippen molar-refractivity contribution in [2.24, 2.45) is 0 Å². The Labute approximate surface area is 121 Å². The van der Waals surface area contributed by atoms with Crippen molar-refractivity contribution in [1.29, 1.82) is 0 Å².